The Morgan fingerprint density at radius 2 is 2.00 bits per heavy atom. The van der Waals surface area contributed by atoms with Crippen LogP contribution in [0.15, 0.2) is 12.1 Å². The van der Waals surface area contributed by atoms with Crippen molar-refractivity contribution in [2.45, 2.75) is 95.9 Å². The van der Waals surface area contributed by atoms with Crippen LogP contribution in [-0.4, -0.2) is 48.0 Å². The van der Waals surface area contributed by atoms with E-state index in [1.807, 2.05) is 13.8 Å². The van der Waals surface area contributed by atoms with E-state index in [2.05, 4.69) is 36.2 Å². The van der Waals surface area contributed by atoms with Gasteiger partial charge in [-0.2, -0.15) is 0 Å². The smallest absolute Gasteiger partial charge is 0.303 e. The Labute approximate surface area is 186 Å². The van der Waals surface area contributed by atoms with Crippen molar-refractivity contribution in [3.63, 3.8) is 0 Å². The van der Waals surface area contributed by atoms with Crippen LogP contribution in [0.4, 0.5) is 5.69 Å². The fourth-order valence-corrected chi connectivity index (χ4v) is 5.48. The van der Waals surface area contributed by atoms with Crippen molar-refractivity contribution in [3.05, 3.63) is 23.3 Å². The number of hydrogen-bond donors (Lipinski definition) is 2. The van der Waals surface area contributed by atoms with Crippen molar-refractivity contribution in [2.75, 3.05) is 24.6 Å². The molecule has 1 aromatic rings. The van der Waals surface area contributed by atoms with Crippen molar-refractivity contribution >= 4 is 11.7 Å². The number of nitrogens with one attached hydrogen (secondary N) is 1. The predicted octanol–water partition coefficient (Wildman–Crippen LogP) is 4.45. The molecule has 0 saturated heterocycles. The van der Waals surface area contributed by atoms with Gasteiger partial charge in [-0.15, -0.1) is 0 Å². The van der Waals surface area contributed by atoms with Crippen LogP contribution in [0.5, 0.6) is 5.75 Å². The number of aliphatic carboxylic acids is 1. The van der Waals surface area contributed by atoms with Gasteiger partial charge in [-0.1, -0.05) is 12.5 Å². The molecule has 172 valence electrons. The molecule has 31 heavy (non-hydrogen) atoms. The number of anilines is 1. The molecule has 1 saturated carbocycles. The van der Waals surface area contributed by atoms with E-state index in [-0.39, 0.29) is 12.0 Å². The highest BCUT2D eigenvalue weighted by Gasteiger charge is 2.45. The van der Waals surface area contributed by atoms with Crippen molar-refractivity contribution < 1.29 is 19.4 Å². The first-order chi connectivity index (χ1) is 14.7. The Balaban J connectivity index is 1.46. The molecule has 0 amide bonds. The highest BCUT2D eigenvalue weighted by atomic mass is 16.5. The molecule has 0 spiro atoms. The van der Waals surface area contributed by atoms with Crippen molar-refractivity contribution in [3.8, 4) is 5.75 Å². The van der Waals surface area contributed by atoms with Gasteiger partial charge < -0.3 is 24.8 Å². The van der Waals surface area contributed by atoms with Crippen molar-refractivity contribution in [1.29, 1.82) is 0 Å². The molecule has 6 nitrogen and oxygen atoms in total. The standard InChI is InChI=1S/C25H38N2O4/c1-24(2,11-10-21(28)29)30-15-12-25(3,4)31-20-9-8-17-16-26-13-14-27-19-7-5-6-18(19)22(20)23(17)27/h8-9,18-19,26H,5-7,10-16H2,1-4H3,(H,28,29)/t18-,19+/m0/s1. The molecule has 2 aliphatic heterocycles. The third kappa shape index (κ3) is 4.85. The highest BCUT2D eigenvalue weighted by molar-refractivity contribution is 5.72. The summed E-state index contributed by atoms with van der Waals surface area (Å²) in [5, 5.41) is 12.5. The van der Waals surface area contributed by atoms with Gasteiger partial charge in [0, 0.05) is 55.7 Å². The summed E-state index contributed by atoms with van der Waals surface area (Å²) in [5.74, 6) is 0.844. The molecule has 1 aromatic carbocycles. The van der Waals surface area contributed by atoms with E-state index < -0.39 is 11.6 Å². The second-order valence-electron chi connectivity index (χ2n) is 10.6. The monoisotopic (exact) mass is 430 g/mol. The van der Waals surface area contributed by atoms with Gasteiger partial charge in [-0.25, -0.2) is 0 Å². The molecule has 1 aliphatic carbocycles. The number of carboxylic acid groups (broad SMARTS) is 1. The summed E-state index contributed by atoms with van der Waals surface area (Å²) in [6, 6.07) is 5.04. The summed E-state index contributed by atoms with van der Waals surface area (Å²) in [7, 11) is 0. The zero-order valence-electron chi connectivity index (χ0n) is 19.5. The molecule has 0 aromatic heterocycles. The Kier molecular flexibility index (Phi) is 6.23. The highest BCUT2D eigenvalue weighted by Crippen LogP contribution is 2.54. The maximum absolute atomic E-state index is 10.9. The molecule has 2 heterocycles. The van der Waals surface area contributed by atoms with Crippen LogP contribution in [0.2, 0.25) is 0 Å². The molecular weight excluding hydrogens is 392 g/mol. The van der Waals surface area contributed by atoms with Crippen LogP contribution in [0, 0.1) is 0 Å². The average Bonchev–Trinajstić information content (AvgIpc) is 3.19. The lowest BCUT2D eigenvalue weighted by atomic mass is 9.94. The predicted molar refractivity (Wildman–Crippen MR) is 122 cm³/mol. The zero-order valence-corrected chi connectivity index (χ0v) is 19.5. The molecule has 0 bridgehead atoms. The number of fused-ring (bicyclic) bond motifs is 3. The lowest BCUT2D eigenvalue weighted by Crippen LogP contribution is -2.35. The number of carbonyl (C=O) groups is 1. The Morgan fingerprint density at radius 1 is 1.19 bits per heavy atom. The Morgan fingerprint density at radius 3 is 2.77 bits per heavy atom. The van der Waals surface area contributed by atoms with Gasteiger partial charge in [-0.05, 0) is 58.6 Å². The van der Waals surface area contributed by atoms with E-state index in [0.29, 0.717) is 25.0 Å². The fourth-order valence-electron chi connectivity index (χ4n) is 5.48. The second kappa shape index (κ2) is 8.62. The molecule has 3 aliphatic rings. The van der Waals surface area contributed by atoms with Gasteiger partial charge in [0.2, 0.25) is 0 Å². The van der Waals surface area contributed by atoms with Gasteiger partial charge in [0.1, 0.15) is 11.4 Å². The first kappa shape index (κ1) is 22.4. The van der Waals surface area contributed by atoms with Crippen LogP contribution in [0.25, 0.3) is 0 Å². The van der Waals surface area contributed by atoms with Crippen LogP contribution in [-0.2, 0) is 16.1 Å². The Hall–Kier alpha value is -1.79. The summed E-state index contributed by atoms with van der Waals surface area (Å²) in [6.07, 6.45) is 5.21. The summed E-state index contributed by atoms with van der Waals surface area (Å²) >= 11 is 0. The minimum Gasteiger partial charge on any atom is -0.487 e. The molecule has 2 N–H and O–H groups in total. The maximum atomic E-state index is 10.9. The van der Waals surface area contributed by atoms with Crippen LogP contribution in [0.1, 0.15) is 83.3 Å². The van der Waals surface area contributed by atoms with Crippen LogP contribution < -0.4 is 15.0 Å². The molecular formula is C25H38N2O4. The van der Waals surface area contributed by atoms with Gasteiger partial charge >= 0.3 is 5.97 Å². The first-order valence-corrected chi connectivity index (χ1v) is 11.8. The van der Waals surface area contributed by atoms with E-state index in [9.17, 15) is 4.79 Å². The van der Waals surface area contributed by atoms with E-state index in [1.165, 1.54) is 36.1 Å². The quantitative estimate of drug-likeness (QED) is 0.603. The van der Waals surface area contributed by atoms with Crippen LogP contribution >= 0.6 is 0 Å². The van der Waals surface area contributed by atoms with Gasteiger partial charge in [0.05, 0.1) is 12.2 Å². The number of benzene rings is 1. The van der Waals surface area contributed by atoms with Crippen LogP contribution in [0.3, 0.4) is 0 Å². The average molecular weight is 431 g/mol. The van der Waals surface area contributed by atoms with Gasteiger partial charge in [-0.3, -0.25) is 4.79 Å². The number of rotatable bonds is 9. The van der Waals surface area contributed by atoms with Crippen molar-refractivity contribution in [2.24, 2.45) is 0 Å². The molecule has 1 fully saturated rings. The van der Waals surface area contributed by atoms with Gasteiger partial charge in [0.15, 0.2) is 0 Å². The third-order valence-corrected chi connectivity index (χ3v) is 7.17. The lowest BCUT2D eigenvalue weighted by Gasteiger charge is -2.31. The molecule has 0 radical (unpaired) electrons. The fraction of sp³-hybridized carbons (Fsp3) is 0.720. The number of nitrogens with zero attached hydrogens (tertiary/aromatic N) is 1. The van der Waals surface area contributed by atoms with E-state index in [0.717, 1.165) is 31.8 Å². The Bertz CT molecular complexity index is 820. The van der Waals surface area contributed by atoms with E-state index in [1.54, 1.807) is 0 Å². The first-order valence-electron chi connectivity index (χ1n) is 11.8. The normalized spacial score (nSPS) is 22.8. The number of carboxylic acids is 1. The number of ether oxygens (including phenoxy) is 2. The van der Waals surface area contributed by atoms with E-state index in [4.69, 9.17) is 14.6 Å². The third-order valence-electron chi connectivity index (χ3n) is 7.17. The molecule has 2 atom stereocenters. The van der Waals surface area contributed by atoms with Gasteiger partial charge in [0.25, 0.3) is 0 Å². The summed E-state index contributed by atoms with van der Waals surface area (Å²) < 4.78 is 12.7. The zero-order chi connectivity index (χ0) is 22.2. The largest absolute Gasteiger partial charge is 0.487 e. The number of hydrogen-bond acceptors (Lipinski definition) is 5. The lowest BCUT2D eigenvalue weighted by molar-refractivity contribution is -0.139. The summed E-state index contributed by atoms with van der Waals surface area (Å²) in [6.45, 7) is 11.8. The maximum Gasteiger partial charge on any atom is 0.303 e. The SMILES string of the molecule is CC(C)(CCC(=O)O)OCCC(C)(C)Oc1ccc2c3c1[C@H]1CCC[C@H]1N3CCNC2. The topological polar surface area (TPSA) is 71.0 Å². The van der Waals surface area contributed by atoms with Crippen molar-refractivity contribution in [1.82, 2.24) is 5.32 Å². The minimum absolute atomic E-state index is 0.124. The second-order valence-corrected chi connectivity index (χ2v) is 10.6. The minimum atomic E-state index is -0.781. The van der Waals surface area contributed by atoms with E-state index >= 15 is 0 Å². The summed E-state index contributed by atoms with van der Waals surface area (Å²) in [5.41, 5.74) is 3.45. The summed E-state index contributed by atoms with van der Waals surface area (Å²) in [4.78, 5) is 13.5. The molecule has 6 heteroatoms. The molecule has 4 rings (SSSR count). The molecule has 0 unspecified atom stereocenters.